The number of amides is 3. The van der Waals surface area contributed by atoms with E-state index in [0.717, 1.165) is 32.4 Å². The zero-order chi connectivity index (χ0) is 14.8. The van der Waals surface area contributed by atoms with Crippen LogP contribution in [-0.2, 0) is 4.79 Å². The number of carbonyl (C=O) groups is 2. The Morgan fingerprint density at radius 3 is 2.90 bits per heavy atom. The molecule has 114 valence electrons. The molecule has 3 N–H and O–H groups in total. The number of nitrogens with one attached hydrogen (secondary N) is 3. The summed E-state index contributed by atoms with van der Waals surface area (Å²) in [5, 5.41) is 8.02. The molecule has 0 aliphatic carbocycles. The Bertz CT molecular complexity index is 333. The summed E-state index contributed by atoms with van der Waals surface area (Å²) in [6.07, 6.45) is 6.06. The molecule has 0 bridgehead atoms. The van der Waals surface area contributed by atoms with E-state index in [-0.39, 0.29) is 12.5 Å². The van der Waals surface area contributed by atoms with Crippen LogP contribution in [-0.4, -0.2) is 56.1 Å². The van der Waals surface area contributed by atoms with E-state index in [2.05, 4.69) is 27.4 Å². The van der Waals surface area contributed by atoms with Crippen LogP contribution in [0.15, 0.2) is 12.7 Å². The number of carbonyl (C=O) groups excluding carboxylic acids is 2. The van der Waals surface area contributed by atoms with Gasteiger partial charge in [-0.05, 0) is 39.4 Å². The first kappa shape index (κ1) is 16.7. The molecule has 0 spiro atoms. The van der Waals surface area contributed by atoms with Crippen molar-refractivity contribution in [1.29, 1.82) is 0 Å². The largest absolute Gasteiger partial charge is 0.334 e. The van der Waals surface area contributed by atoms with Gasteiger partial charge < -0.3 is 10.6 Å². The van der Waals surface area contributed by atoms with Gasteiger partial charge in [-0.3, -0.25) is 15.0 Å². The Labute approximate surface area is 121 Å². The first-order valence-corrected chi connectivity index (χ1v) is 7.24. The third-order valence-electron chi connectivity index (χ3n) is 3.48. The third kappa shape index (κ3) is 6.16. The average molecular weight is 282 g/mol. The zero-order valence-corrected chi connectivity index (χ0v) is 12.3. The third-order valence-corrected chi connectivity index (χ3v) is 3.48. The highest BCUT2D eigenvalue weighted by atomic mass is 16.2. The maximum Gasteiger partial charge on any atom is 0.321 e. The van der Waals surface area contributed by atoms with Crippen molar-refractivity contribution in [3.63, 3.8) is 0 Å². The van der Waals surface area contributed by atoms with Gasteiger partial charge in [0.25, 0.3) is 0 Å². The van der Waals surface area contributed by atoms with Crippen LogP contribution in [0.4, 0.5) is 4.79 Å². The maximum absolute atomic E-state index is 11.8. The molecule has 6 heteroatoms. The number of hydrogen-bond donors (Lipinski definition) is 3. The average Bonchev–Trinajstić information content (AvgIpc) is 2.44. The number of likely N-dealkylation sites (tertiary alicyclic amines) is 1. The topological polar surface area (TPSA) is 73.5 Å². The minimum absolute atomic E-state index is 0.247. The molecular formula is C14H26N4O2. The highest BCUT2D eigenvalue weighted by Gasteiger charge is 2.24. The zero-order valence-electron chi connectivity index (χ0n) is 12.3. The van der Waals surface area contributed by atoms with Crippen molar-refractivity contribution in [3.8, 4) is 0 Å². The fourth-order valence-corrected chi connectivity index (χ4v) is 2.47. The molecule has 1 aliphatic rings. The van der Waals surface area contributed by atoms with Crippen LogP contribution in [0.5, 0.6) is 0 Å². The van der Waals surface area contributed by atoms with Crippen molar-refractivity contribution in [2.75, 3.05) is 33.2 Å². The van der Waals surface area contributed by atoms with Crippen LogP contribution < -0.4 is 16.0 Å². The van der Waals surface area contributed by atoms with Crippen molar-refractivity contribution >= 4 is 11.9 Å². The summed E-state index contributed by atoms with van der Waals surface area (Å²) >= 11 is 0. The number of piperidine rings is 1. The summed E-state index contributed by atoms with van der Waals surface area (Å²) in [5.41, 5.74) is 0. The van der Waals surface area contributed by atoms with Crippen molar-refractivity contribution in [1.82, 2.24) is 20.9 Å². The molecule has 1 rings (SSSR count). The summed E-state index contributed by atoms with van der Waals surface area (Å²) in [6.45, 7) is 6.02. The fourth-order valence-electron chi connectivity index (χ4n) is 2.47. The van der Waals surface area contributed by atoms with Crippen LogP contribution in [0.2, 0.25) is 0 Å². The first-order valence-electron chi connectivity index (χ1n) is 7.24. The predicted octanol–water partition coefficient (Wildman–Crippen LogP) is 0.462. The van der Waals surface area contributed by atoms with E-state index in [1.54, 1.807) is 6.08 Å². The van der Waals surface area contributed by atoms with E-state index in [9.17, 15) is 9.59 Å². The molecule has 1 heterocycles. The monoisotopic (exact) mass is 282 g/mol. The number of nitrogens with zero attached hydrogens (tertiary/aromatic N) is 1. The summed E-state index contributed by atoms with van der Waals surface area (Å²) in [6, 6.07) is -0.0307. The number of imide groups is 1. The smallest absolute Gasteiger partial charge is 0.321 e. The highest BCUT2D eigenvalue weighted by Crippen LogP contribution is 2.18. The second-order valence-electron chi connectivity index (χ2n) is 5.06. The first-order chi connectivity index (χ1) is 9.67. The molecule has 0 aromatic carbocycles. The molecule has 20 heavy (non-hydrogen) atoms. The van der Waals surface area contributed by atoms with Gasteiger partial charge in [-0.2, -0.15) is 0 Å². The van der Waals surface area contributed by atoms with E-state index in [4.69, 9.17) is 0 Å². The molecule has 6 nitrogen and oxygen atoms in total. The lowest BCUT2D eigenvalue weighted by Crippen LogP contribution is -2.49. The lowest BCUT2D eigenvalue weighted by atomic mass is 9.99. The molecular weight excluding hydrogens is 256 g/mol. The van der Waals surface area contributed by atoms with Crippen molar-refractivity contribution in [2.24, 2.45) is 0 Å². The Kier molecular flexibility index (Phi) is 7.91. The van der Waals surface area contributed by atoms with Gasteiger partial charge in [0.2, 0.25) is 5.91 Å². The summed E-state index contributed by atoms with van der Waals surface area (Å²) in [4.78, 5) is 25.4. The summed E-state index contributed by atoms with van der Waals surface area (Å²) in [5.74, 6) is -0.247. The molecule has 0 saturated carbocycles. The SMILES string of the molecule is C=CCNC(=O)NC(=O)CN1CCCCC1CCNC. The minimum Gasteiger partial charge on any atom is -0.334 e. The van der Waals surface area contributed by atoms with Gasteiger partial charge >= 0.3 is 6.03 Å². The molecule has 0 radical (unpaired) electrons. The van der Waals surface area contributed by atoms with Crippen LogP contribution in [0.1, 0.15) is 25.7 Å². The fraction of sp³-hybridized carbons (Fsp3) is 0.714. The van der Waals surface area contributed by atoms with Crippen molar-refractivity contribution in [3.05, 3.63) is 12.7 Å². The lowest BCUT2D eigenvalue weighted by molar-refractivity contribution is -0.122. The van der Waals surface area contributed by atoms with Crippen LogP contribution in [0, 0.1) is 0 Å². The highest BCUT2D eigenvalue weighted by molar-refractivity contribution is 5.95. The van der Waals surface area contributed by atoms with Crippen molar-refractivity contribution in [2.45, 2.75) is 31.7 Å². The quantitative estimate of drug-likeness (QED) is 0.593. The van der Waals surface area contributed by atoms with E-state index >= 15 is 0 Å². The van der Waals surface area contributed by atoms with E-state index in [1.807, 2.05) is 7.05 Å². The molecule has 3 amide bonds. The Balaban J connectivity index is 2.37. The molecule has 0 aromatic rings. The number of hydrogen-bond acceptors (Lipinski definition) is 4. The van der Waals surface area contributed by atoms with Gasteiger partial charge in [-0.25, -0.2) is 4.79 Å². The molecule has 1 fully saturated rings. The van der Waals surface area contributed by atoms with Crippen LogP contribution in [0.3, 0.4) is 0 Å². The van der Waals surface area contributed by atoms with Gasteiger partial charge in [0.15, 0.2) is 0 Å². The van der Waals surface area contributed by atoms with Gasteiger partial charge in [-0.15, -0.1) is 6.58 Å². The normalized spacial score (nSPS) is 19.4. The second kappa shape index (κ2) is 9.50. The van der Waals surface area contributed by atoms with Crippen LogP contribution in [0.25, 0.3) is 0 Å². The standard InChI is InChI=1S/C14H26N4O2/c1-3-8-16-14(20)17-13(19)11-18-10-5-4-6-12(18)7-9-15-2/h3,12,15H,1,4-11H2,2H3,(H2,16,17,19,20). The van der Waals surface area contributed by atoms with Crippen molar-refractivity contribution < 1.29 is 9.59 Å². The van der Waals surface area contributed by atoms with Gasteiger partial charge in [0.1, 0.15) is 0 Å². The Morgan fingerprint density at radius 1 is 1.40 bits per heavy atom. The Morgan fingerprint density at radius 2 is 2.20 bits per heavy atom. The van der Waals surface area contributed by atoms with Gasteiger partial charge in [0.05, 0.1) is 6.54 Å². The molecule has 1 atom stereocenters. The predicted molar refractivity (Wildman–Crippen MR) is 79.5 cm³/mol. The van der Waals surface area contributed by atoms with E-state index in [1.165, 1.54) is 6.42 Å². The van der Waals surface area contributed by atoms with Crippen LogP contribution >= 0.6 is 0 Å². The summed E-state index contributed by atoms with van der Waals surface area (Å²) < 4.78 is 0. The van der Waals surface area contributed by atoms with E-state index in [0.29, 0.717) is 12.6 Å². The number of urea groups is 1. The lowest BCUT2D eigenvalue weighted by Gasteiger charge is -2.35. The second-order valence-corrected chi connectivity index (χ2v) is 5.06. The molecule has 1 unspecified atom stereocenters. The van der Waals surface area contributed by atoms with Gasteiger partial charge in [-0.1, -0.05) is 12.5 Å². The molecule has 1 aliphatic heterocycles. The summed E-state index contributed by atoms with van der Waals surface area (Å²) in [7, 11) is 1.93. The van der Waals surface area contributed by atoms with Gasteiger partial charge in [0, 0.05) is 12.6 Å². The molecule has 0 aromatic heterocycles. The van der Waals surface area contributed by atoms with E-state index < -0.39 is 6.03 Å². The Hall–Kier alpha value is -1.40. The maximum atomic E-state index is 11.8. The molecule has 1 saturated heterocycles. The number of rotatable bonds is 7. The minimum atomic E-state index is -0.460.